The van der Waals surface area contributed by atoms with Gasteiger partial charge in [-0.25, -0.2) is 4.68 Å². The fourth-order valence-electron chi connectivity index (χ4n) is 6.31. The lowest BCUT2D eigenvalue weighted by Crippen LogP contribution is -2.63. The van der Waals surface area contributed by atoms with Crippen LogP contribution >= 0.6 is 11.6 Å². The molecule has 3 N–H and O–H groups in total. The van der Waals surface area contributed by atoms with Crippen LogP contribution in [-0.4, -0.2) is 26.0 Å². The first-order chi connectivity index (χ1) is 13.9. The molecule has 1 aromatic carbocycles. The number of halogens is 1. The summed E-state index contributed by atoms with van der Waals surface area (Å²) in [5, 5.41) is 27.0. The first-order valence-electron chi connectivity index (χ1n) is 9.94. The van der Waals surface area contributed by atoms with E-state index in [9.17, 15) is 19.8 Å². The highest BCUT2D eigenvalue weighted by atomic mass is 35.5. The molecule has 8 heteroatoms. The number of nitrogens with zero attached hydrogens (tertiary/aromatic N) is 2. The molecule has 2 aromatic rings. The van der Waals surface area contributed by atoms with Crippen LogP contribution in [0.4, 0.5) is 11.4 Å². The Bertz CT molecular complexity index is 1040. The molecule has 4 aliphatic rings. The van der Waals surface area contributed by atoms with E-state index in [0.717, 1.165) is 19.3 Å². The van der Waals surface area contributed by atoms with Gasteiger partial charge >= 0.3 is 5.97 Å². The lowest BCUT2D eigenvalue weighted by atomic mass is 9.48. The Balaban J connectivity index is 1.57. The molecule has 0 spiro atoms. The second-order valence-corrected chi connectivity index (χ2v) is 9.17. The van der Waals surface area contributed by atoms with Crippen molar-refractivity contribution < 1.29 is 15.0 Å². The number of phenolic OH excluding ortho intramolecular Hbond substituents is 1. The Morgan fingerprint density at radius 3 is 2.62 bits per heavy atom. The summed E-state index contributed by atoms with van der Waals surface area (Å²) < 4.78 is 1.37. The lowest BCUT2D eigenvalue weighted by Gasteiger charge is -2.59. The Morgan fingerprint density at radius 1 is 1.24 bits per heavy atom. The molecule has 6 rings (SSSR count). The highest BCUT2D eigenvalue weighted by molar-refractivity contribution is 6.33. The van der Waals surface area contributed by atoms with Crippen LogP contribution in [0.1, 0.15) is 32.1 Å². The van der Waals surface area contributed by atoms with E-state index in [4.69, 9.17) is 11.6 Å². The zero-order valence-corrected chi connectivity index (χ0v) is 16.5. The number of carbonyl (C=O) groups is 1. The summed E-state index contributed by atoms with van der Waals surface area (Å²) in [6, 6.07) is 6.47. The smallest absolute Gasteiger partial charge is 0.309 e. The van der Waals surface area contributed by atoms with E-state index in [1.165, 1.54) is 16.9 Å². The van der Waals surface area contributed by atoms with Gasteiger partial charge < -0.3 is 15.5 Å². The van der Waals surface area contributed by atoms with Crippen LogP contribution in [0.3, 0.4) is 0 Å². The van der Waals surface area contributed by atoms with Crippen molar-refractivity contribution in [3.63, 3.8) is 0 Å². The zero-order valence-electron chi connectivity index (χ0n) is 15.7. The number of hydrogen-bond acceptors (Lipinski definition) is 5. The molecule has 29 heavy (non-hydrogen) atoms. The third-order valence-corrected chi connectivity index (χ3v) is 7.37. The predicted molar refractivity (Wildman–Crippen MR) is 108 cm³/mol. The molecule has 3 atom stereocenters. The molecule has 1 aromatic heterocycles. The standard InChI is InChI=1S/C21H22ClN3O4/c22-18-16(24-14-2-1-3-15(26)7-14)10-23-25(19(18)27)21-8-11-4-12(9-21)6-13(5-11)17(21)20(28)29/h1-3,7,10-13,17,24,26H,4-6,8-9H2,(H,28,29)/t11-,12-,13?,17-,21?/m1/s1. The van der Waals surface area contributed by atoms with Crippen LogP contribution in [0.25, 0.3) is 0 Å². The van der Waals surface area contributed by atoms with Gasteiger partial charge in [0, 0.05) is 11.8 Å². The largest absolute Gasteiger partial charge is 0.508 e. The maximum atomic E-state index is 13.2. The van der Waals surface area contributed by atoms with Gasteiger partial charge in [-0.15, -0.1) is 0 Å². The quantitative estimate of drug-likeness (QED) is 0.705. The molecule has 7 nitrogen and oxygen atoms in total. The second-order valence-electron chi connectivity index (χ2n) is 8.79. The van der Waals surface area contributed by atoms with Gasteiger partial charge in [-0.2, -0.15) is 5.10 Å². The van der Waals surface area contributed by atoms with E-state index in [1.807, 2.05) is 0 Å². The minimum atomic E-state index is -0.847. The molecule has 4 aliphatic carbocycles. The third kappa shape index (κ3) is 2.82. The SMILES string of the molecule is O=C(O)[C@H]1C2C[C@H]3C[C@H](C2)CC1(n1ncc(Nc2cccc(O)c2)c(Cl)c1=O)C3. The number of aliphatic carboxylic acids is 1. The lowest BCUT2D eigenvalue weighted by molar-refractivity contribution is -0.168. The topological polar surface area (TPSA) is 104 Å². The normalized spacial score (nSPS) is 32.3. The summed E-state index contributed by atoms with van der Waals surface area (Å²) in [5.41, 5.74) is -0.366. The molecule has 0 amide bonds. The fraction of sp³-hybridized carbons (Fsp3) is 0.476. The summed E-state index contributed by atoms with van der Waals surface area (Å²) >= 11 is 6.41. The first-order valence-corrected chi connectivity index (χ1v) is 10.3. The van der Waals surface area contributed by atoms with E-state index in [1.54, 1.807) is 18.2 Å². The number of carboxylic acid groups (broad SMARTS) is 1. The maximum Gasteiger partial charge on any atom is 0.309 e. The highest BCUT2D eigenvalue weighted by Crippen LogP contribution is 2.61. The summed E-state index contributed by atoms with van der Waals surface area (Å²) in [5.74, 6) is -0.384. The molecule has 152 valence electrons. The van der Waals surface area contributed by atoms with Crippen LogP contribution < -0.4 is 10.9 Å². The Labute approximate surface area is 172 Å². The van der Waals surface area contributed by atoms with Gasteiger partial charge in [-0.3, -0.25) is 9.59 Å². The number of aromatic hydroxyl groups is 1. The highest BCUT2D eigenvalue weighted by Gasteiger charge is 2.61. The molecule has 4 bridgehead atoms. The van der Waals surface area contributed by atoms with Gasteiger partial charge in [-0.05, 0) is 62.0 Å². The third-order valence-electron chi connectivity index (χ3n) is 7.01. The van der Waals surface area contributed by atoms with Gasteiger partial charge in [0.2, 0.25) is 0 Å². The Kier molecular flexibility index (Phi) is 4.13. The number of anilines is 2. The first kappa shape index (κ1) is 18.5. The van der Waals surface area contributed by atoms with Crippen LogP contribution in [0.15, 0.2) is 35.3 Å². The maximum absolute atomic E-state index is 13.2. The van der Waals surface area contributed by atoms with Crippen molar-refractivity contribution in [3.05, 3.63) is 45.8 Å². The van der Waals surface area contributed by atoms with Crippen molar-refractivity contribution in [1.29, 1.82) is 0 Å². The molecule has 0 radical (unpaired) electrons. The van der Waals surface area contributed by atoms with Crippen LogP contribution in [0, 0.1) is 23.7 Å². The van der Waals surface area contributed by atoms with E-state index in [0.29, 0.717) is 36.1 Å². The van der Waals surface area contributed by atoms with Gasteiger partial charge in [0.15, 0.2) is 0 Å². The van der Waals surface area contributed by atoms with E-state index >= 15 is 0 Å². The number of rotatable bonds is 4. The predicted octanol–water partition coefficient (Wildman–Crippen LogP) is 3.58. The average Bonchev–Trinajstić information content (AvgIpc) is 2.64. The van der Waals surface area contributed by atoms with Crippen LogP contribution in [0.2, 0.25) is 5.02 Å². The molecular formula is C21H22ClN3O4. The molecule has 0 saturated heterocycles. The number of nitrogens with one attached hydrogen (secondary N) is 1. The van der Waals surface area contributed by atoms with Crippen molar-refractivity contribution in [2.75, 3.05) is 5.32 Å². The van der Waals surface area contributed by atoms with Crippen molar-refractivity contribution >= 4 is 28.9 Å². The molecule has 1 heterocycles. The van der Waals surface area contributed by atoms with Crippen LogP contribution in [0.5, 0.6) is 5.75 Å². The van der Waals surface area contributed by atoms with Gasteiger partial charge in [0.25, 0.3) is 5.56 Å². The average molecular weight is 416 g/mol. The van der Waals surface area contributed by atoms with Gasteiger partial charge in [0.05, 0.1) is 23.3 Å². The Morgan fingerprint density at radius 2 is 1.97 bits per heavy atom. The Hall–Kier alpha value is -2.54. The van der Waals surface area contributed by atoms with Crippen molar-refractivity contribution in [3.8, 4) is 5.75 Å². The van der Waals surface area contributed by atoms with Crippen molar-refractivity contribution in [2.24, 2.45) is 23.7 Å². The number of benzene rings is 1. The molecule has 0 unspecified atom stereocenters. The van der Waals surface area contributed by atoms with E-state index in [-0.39, 0.29) is 16.7 Å². The van der Waals surface area contributed by atoms with Crippen molar-refractivity contribution in [2.45, 2.75) is 37.6 Å². The molecule has 0 aliphatic heterocycles. The fourth-order valence-corrected chi connectivity index (χ4v) is 6.49. The van der Waals surface area contributed by atoms with Crippen LogP contribution in [-0.2, 0) is 10.3 Å². The summed E-state index contributed by atoms with van der Waals surface area (Å²) in [7, 11) is 0. The summed E-state index contributed by atoms with van der Waals surface area (Å²) in [4.78, 5) is 25.4. The summed E-state index contributed by atoms with van der Waals surface area (Å²) in [6.45, 7) is 0. The number of hydrogen-bond donors (Lipinski definition) is 3. The summed E-state index contributed by atoms with van der Waals surface area (Å²) in [6.07, 6.45) is 5.78. The molecular weight excluding hydrogens is 394 g/mol. The van der Waals surface area contributed by atoms with Gasteiger partial charge in [-0.1, -0.05) is 17.7 Å². The van der Waals surface area contributed by atoms with Gasteiger partial charge in [0.1, 0.15) is 10.8 Å². The number of phenols is 1. The molecule has 4 fully saturated rings. The van der Waals surface area contributed by atoms with E-state index in [2.05, 4.69) is 10.4 Å². The monoisotopic (exact) mass is 415 g/mol. The van der Waals surface area contributed by atoms with Crippen molar-refractivity contribution in [1.82, 2.24) is 9.78 Å². The number of carboxylic acids is 1. The number of aromatic nitrogens is 2. The minimum absolute atomic E-state index is 0.0248. The zero-order chi connectivity index (χ0) is 20.3. The minimum Gasteiger partial charge on any atom is -0.508 e. The van der Waals surface area contributed by atoms with E-state index < -0.39 is 23.0 Å². The second kappa shape index (κ2) is 6.49. The molecule has 4 saturated carbocycles.